The maximum Gasteiger partial charge on any atom is 0.217 e. The predicted octanol–water partition coefficient (Wildman–Crippen LogP) is -0.368. The number of morpholine rings is 1. The highest BCUT2D eigenvalue weighted by atomic mass is 16.5. The third kappa shape index (κ3) is 3.46. The molecular weight excluding hydrogens is 298 g/mol. The molecule has 2 heterocycles. The number of carbonyl (C=O) groups excluding carboxylic acids is 1. The third-order valence-corrected chi connectivity index (χ3v) is 4.59. The Morgan fingerprint density at radius 3 is 2.70 bits per heavy atom. The van der Waals surface area contributed by atoms with Crippen LogP contribution in [0.5, 0.6) is 0 Å². The fourth-order valence-corrected chi connectivity index (χ4v) is 3.38. The van der Waals surface area contributed by atoms with E-state index in [1.807, 2.05) is 12.1 Å². The van der Waals surface area contributed by atoms with E-state index < -0.39 is 18.2 Å². The molecule has 3 N–H and O–H groups in total. The summed E-state index contributed by atoms with van der Waals surface area (Å²) < 4.78 is 5.34. The standard InChI is InChI=1S/C16H23N3O4/c1-10(20)18-15-12(8-13(21)16(15)22)11-2-3-14(17-9-11)19-4-6-23-7-5-19/h2-3,9,12-13,15-16,21-22H,4-8H2,1H3,(H,18,20)/t12-,13-,15-,16-/m1/s1. The van der Waals surface area contributed by atoms with Crippen molar-refractivity contribution >= 4 is 11.7 Å². The molecule has 1 saturated carbocycles. The van der Waals surface area contributed by atoms with Gasteiger partial charge in [0.25, 0.3) is 0 Å². The molecule has 1 amide bonds. The monoisotopic (exact) mass is 321 g/mol. The van der Waals surface area contributed by atoms with Crippen molar-refractivity contribution in [2.24, 2.45) is 0 Å². The minimum atomic E-state index is -0.956. The summed E-state index contributed by atoms with van der Waals surface area (Å²) in [7, 11) is 0. The van der Waals surface area contributed by atoms with E-state index in [1.54, 1.807) is 6.20 Å². The minimum absolute atomic E-state index is 0.143. The zero-order valence-corrected chi connectivity index (χ0v) is 13.2. The van der Waals surface area contributed by atoms with Gasteiger partial charge < -0.3 is 25.2 Å². The second-order valence-electron chi connectivity index (χ2n) is 6.18. The van der Waals surface area contributed by atoms with Crippen LogP contribution in [0.2, 0.25) is 0 Å². The molecule has 0 spiro atoms. The summed E-state index contributed by atoms with van der Waals surface area (Å²) >= 11 is 0. The van der Waals surface area contributed by atoms with E-state index in [4.69, 9.17) is 4.74 Å². The number of anilines is 1. The highest BCUT2D eigenvalue weighted by molar-refractivity contribution is 5.73. The lowest BCUT2D eigenvalue weighted by Gasteiger charge is -2.28. The molecule has 1 saturated heterocycles. The Kier molecular flexibility index (Phi) is 4.79. The van der Waals surface area contributed by atoms with Crippen molar-refractivity contribution in [2.75, 3.05) is 31.2 Å². The van der Waals surface area contributed by atoms with Gasteiger partial charge in [-0.1, -0.05) is 6.07 Å². The van der Waals surface area contributed by atoms with Gasteiger partial charge in [0.2, 0.25) is 5.91 Å². The van der Waals surface area contributed by atoms with Crippen molar-refractivity contribution < 1.29 is 19.7 Å². The van der Waals surface area contributed by atoms with Crippen LogP contribution in [0.4, 0.5) is 5.82 Å². The average Bonchev–Trinajstić information content (AvgIpc) is 2.84. The van der Waals surface area contributed by atoms with Crippen LogP contribution >= 0.6 is 0 Å². The molecule has 4 atom stereocenters. The number of aliphatic hydroxyl groups is 2. The molecule has 126 valence electrons. The second-order valence-corrected chi connectivity index (χ2v) is 6.18. The van der Waals surface area contributed by atoms with E-state index in [1.165, 1.54) is 6.92 Å². The zero-order chi connectivity index (χ0) is 16.4. The first-order chi connectivity index (χ1) is 11.1. The fourth-order valence-electron chi connectivity index (χ4n) is 3.38. The van der Waals surface area contributed by atoms with Gasteiger partial charge in [-0.15, -0.1) is 0 Å². The Labute approximate surface area is 135 Å². The number of pyridine rings is 1. The van der Waals surface area contributed by atoms with Gasteiger partial charge in [0.05, 0.1) is 25.4 Å². The van der Waals surface area contributed by atoms with Crippen LogP contribution in [0.3, 0.4) is 0 Å². The first-order valence-electron chi connectivity index (χ1n) is 7.98. The van der Waals surface area contributed by atoms with Gasteiger partial charge in [0, 0.05) is 32.1 Å². The van der Waals surface area contributed by atoms with Gasteiger partial charge in [-0.25, -0.2) is 4.98 Å². The van der Waals surface area contributed by atoms with Crippen molar-refractivity contribution in [2.45, 2.75) is 37.5 Å². The molecule has 1 aliphatic carbocycles. The fraction of sp³-hybridized carbons (Fsp3) is 0.625. The molecule has 1 aromatic heterocycles. The lowest BCUT2D eigenvalue weighted by Crippen LogP contribution is -2.44. The second kappa shape index (κ2) is 6.82. The molecule has 0 bridgehead atoms. The summed E-state index contributed by atoms with van der Waals surface area (Å²) in [6, 6.07) is 3.42. The first kappa shape index (κ1) is 16.2. The van der Waals surface area contributed by atoms with Gasteiger partial charge in [-0.2, -0.15) is 0 Å². The largest absolute Gasteiger partial charge is 0.390 e. The predicted molar refractivity (Wildman–Crippen MR) is 84.2 cm³/mol. The SMILES string of the molecule is CC(=O)N[C@H]1[C@H](O)[C@H](O)C[C@@H]1c1ccc(N2CCOCC2)nc1. The Hall–Kier alpha value is -1.70. The zero-order valence-electron chi connectivity index (χ0n) is 13.2. The van der Waals surface area contributed by atoms with Crippen LogP contribution in [-0.2, 0) is 9.53 Å². The normalized spacial score (nSPS) is 31.2. The van der Waals surface area contributed by atoms with Gasteiger partial charge in [-0.05, 0) is 18.1 Å². The first-order valence-corrected chi connectivity index (χ1v) is 7.98. The maximum atomic E-state index is 11.4. The number of ether oxygens (including phenoxy) is 1. The molecular formula is C16H23N3O4. The highest BCUT2D eigenvalue weighted by Gasteiger charge is 2.42. The van der Waals surface area contributed by atoms with E-state index in [0.29, 0.717) is 19.6 Å². The molecule has 7 nitrogen and oxygen atoms in total. The van der Waals surface area contributed by atoms with Crippen LogP contribution in [0.15, 0.2) is 18.3 Å². The van der Waals surface area contributed by atoms with Crippen LogP contribution < -0.4 is 10.2 Å². The highest BCUT2D eigenvalue weighted by Crippen LogP contribution is 2.35. The molecule has 0 unspecified atom stereocenters. The van der Waals surface area contributed by atoms with Crippen LogP contribution in [0.25, 0.3) is 0 Å². The lowest BCUT2D eigenvalue weighted by atomic mass is 9.95. The van der Waals surface area contributed by atoms with Gasteiger partial charge >= 0.3 is 0 Å². The van der Waals surface area contributed by atoms with Crippen molar-refractivity contribution in [1.82, 2.24) is 10.3 Å². The number of carbonyl (C=O) groups is 1. The minimum Gasteiger partial charge on any atom is -0.390 e. The molecule has 1 aliphatic heterocycles. The quantitative estimate of drug-likeness (QED) is 0.703. The Balaban J connectivity index is 1.76. The summed E-state index contributed by atoms with van der Waals surface area (Å²) in [5.41, 5.74) is 0.913. The molecule has 3 rings (SSSR count). The van der Waals surface area contributed by atoms with E-state index in [2.05, 4.69) is 15.2 Å². The molecule has 23 heavy (non-hydrogen) atoms. The number of aromatic nitrogens is 1. The van der Waals surface area contributed by atoms with Crippen molar-refractivity contribution in [3.8, 4) is 0 Å². The number of rotatable bonds is 3. The Morgan fingerprint density at radius 2 is 2.09 bits per heavy atom. The van der Waals surface area contributed by atoms with E-state index in [9.17, 15) is 15.0 Å². The number of amides is 1. The van der Waals surface area contributed by atoms with Gasteiger partial charge in [0.15, 0.2) is 0 Å². The molecule has 2 aliphatic rings. The van der Waals surface area contributed by atoms with E-state index in [-0.39, 0.29) is 11.8 Å². The van der Waals surface area contributed by atoms with Crippen LogP contribution in [0, 0.1) is 0 Å². The maximum absolute atomic E-state index is 11.4. The van der Waals surface area contributed by atoms with Crippen molar-refractivity contribution in [3.63, 3.8) is 0 Å². The third-order valence-electron chi connectivity index (χ3n) is 4.59. The number of nitrogens with zero attached hydrogens (tertiary/aromatic N) is 2. The summed E-state index contributed by atoms with van der Waals surface area (Å²) in [6.45, 7) is 4.46. The molecule has 2 fully saturated rings. The van der Waals surface area contributed by atoms with Gasteiger partial charge in [0.1, 0.15) is 11.9 Å². The average molecular weight is 321 g/mol. The summed E-state index contributed by atoms with van der Waals surface area (Å²) in [5, 5.41) is 22.8. The summed E-state index contributed by atoms with van der Waals surface area (Å²) in [5.74, 6) is 0.536. The van der Waals surface area contributed by atoms with Crippen LogP contribution in [0.1, 0.15) is 24.8 Å². The Morgan fingerprint density at radius 1 is 1.35 bits per heavy atom. The molecule has 1 aromatic rings. The molecule has 0 radical (unpaired) electrons. The smallest absolute Gasteiger partial charge is 0.217 e. The van der Waals surface area contributed by atoms with E-state index in [0.717, 1.165) is 24.5 Å². The topological polar surface area (TPSA) is 94.9 Å². The number of aliphatic hydroxyl groups excluding tert-OH is 2. The molecule has 0 aromatic carbocycles. The number of hydrogen-bond acceptors (Lipinski definition) is 6. The number of hydrogen-bond donors (Lipinski definition) is 3. The Bertz CT molecular complexity index is 545. The summed E-state index contributed by atoms with van der Waals surface area (Å²) in [6.07, 6.45) is 0.387. The number of nitrogens with one attached hydrogen (secondary N) is 1. The van der Waals surface area contributed by atoms with Crippen LogP contribution in [-0.4, -0.2) is 65.7 Å². The lowest BCUT2D eigenvalue weighted by molar-refractivity contribution is -0.120. The summed E-state index contributed by atoms with van der Waals surface area (Å²) in [4.78, 5) is 18.0. The van der Waals surface area contributed by atoms with Gasteiger partial charge in [-0.3, -0.25) is 4.79 Å². The van der Waals surface area contributed by atoms with Crippen molar-refractivity contribution in [3.05, 3.63) is 23.9 Å². The van der Waals surface area contributed by atoms with Crippen molar-refractivity contribution in [1.29, 1.82) is 0 Å². The molecule has 7 heteroatoms. The van der Waals surface area contributed by atoms with E-state index >= 15 is 0 Å².